The van der Waals surface area contributed by atoms with E-state index in [0.717, 1.165) is 30.3 Å². The van der Waals surface area contributed by atoms with Gasteiger partial charge in [-0.2, -0.15) is 0 Å². The Morgan fingerprint density at radius 1 is 0.879 bits per heavy atom. The molecule has 1 aliphatic heterocycles. The van der Waals surface area contributed by atoms with E-state index in [2.05, 4.69) is 0 Å². The van der Waals surface area contributed by atoms with Crippen molar-refractivity contribution >= 4 is 11.0 Å². The number of aliphatic hydroxyl groups is 4. The van der Waals surface area contributed by atoms with E-state index < -0.39 is 65.7 Å². The number of aromatic hydroxyl groups is 4. The third-order valence-electron chi connectivity index (χ3n) is 5.23. The second-order valence-corrected chi connectivity index (χ2v) is 7.47. The number of aliphatic hydroxyl groups excluding tert-OH is 4. The van der Waals surface area contributed by atoms with Gasteiger partial charge in [0.1, 0.15) is 52.6 Å². The molecule has 0 bridgehead atoms. The van der Waals surface area contributed by atoms with Crippen LogP contribution in [0, 0.1) is 0 Å². The lowest BCUT2D eigenvalue weighted by atomic mass is 9.99. The zero-order valence-electron chi connectivity index (χ0n) is 16.7. The van der Waals surface area contributed by atoms with E-state index in [1.165, 1.54) is 0 Å². The lowest BCUT2D eigenvalue weighted by Gasteiger charge is -2.39. The molecule has 8 N–H and O–H groups in total. The molecule has 1 fully saturated rings. The molecule has 1 aliphatic rings. The standard InChI is InChI=1S/C21H20O12/c22-6-15-18(28)19(29)20(30)21(33-15)32-14-2-7(1-11(26)17(14)27)12-5-10(25)16-9(24)3-8(23)4-13(16)31-12/h1-5,15,18-24,26-30H,6H2/t15-,18-,19+,20-,21+/m0/s1. The number of rotatable bonds is 4. The van der Waals surface area contributed by atoms with Crippen LogP contribution in [-0.2, 0) is 4.74 Å². The lowest BCUT2D eigenvalue weighted by molar-refractivity contribution is -0.277. The number of ether oxygens (including phenoxy) is 2. The molecule has 12 nitrogen and oxygen atoms in total. The maximum absolute atomic E-state index is 12.5. The Labute approximate surface area is 184 Å². The van der Waals surface area contributed by atoms with Crippen LogP contribution in [-0.4, -0.2) is 78.2 Å². The number of phenols is 4. The summed E-state index contributed by atoms with van der Waals surface area (Å²) in [6.07, 6.45) is -8.07. The summed E-state index contributed by atoms with van der Waals surface area (Å²) >= 11 is 0. The molecular formula is C21H20O12. The van der Waals surface area contributed by atoms with Crippen LogP contribution in [0.5, 0.6) is 28.7 Å². The van der Waals surface area contributed by atoms with Crippen molar-refractivity contribution in [1.29, 1.82) is 0 Å². The first kappa shape index (κ1) is 22.6. The van der Waals surface area contributed by atoms with Crippen molar-refractivity contribution in [2.75, 3.05) is 6.61 Å². The van der Waals surface area contributed by atoms with E-state index in [1.807, 2.05) is 0 Å². The maximum atomic E-state index is 12.5. The van der Waals surface area contributed by atoms with E-state index in [9.17, 15) is 45.6 Å². The molecule has 0 unspecified atom stereocenters. The summed E-state index contributed by atoms with van der Waals surface area (Å²) in [5.41, 5.74) is -0.793. The fourth-order valence-corrected chi connectivity index (χ4v) is 3.51. The Kier molecular flexibility index (Phi) is 5.78. The van der Waals surface area contributed by atoms with Crippen molar-refractivity contribution in [1.82, 2.24) is 0 Å². The summed E-state index contributed by atoms with van der Waals surface area (Å²) < 4.78 is 16.2. The first-order valence-electron chi connectivity index (χ1n) is 9.64. The number of hydrogen-bond donors (Lipinski definition) is 8. The highest BCUT2D eigenvalue weighted by molar-refractivity contribution is 5.86. The molecule has 0 radical (unpaired) electrons. The molecule has 2 aromatic carbocycles. The fraction of sp³-hybridized carbons (Fsp3) is 0.286. The van der Waals surface area contributed by atoms with Crippen LogP contribution in [0.4, 0.5) is 0 Å². The predicted molar refractivity (Wildman–Crippen MR) is 109 cm³/mol. The third kappa shape index (κ3) is 4.01. The Bertz CT molecular complexity index is 1250. The molecule has 0 aliphatic carbocycles. The second-order valence-electron chi connectivity index (χ2n) is 7.47. The van der Waals surface area contributed by atoms with E-state index >= 15 is 0 Å². The number of fused-ring (bicyclic) bond motifs is 1. The van der Waals surface area contributed by atoms with Crippen molar-refractivity contribution < 1.29 is 54.7 Å². The lowest BCUT2D eigenvalue weighted by Crippen LogP contribution is -2.60. The van der Waals surface area contributed by atoms with Gasteiger partial charge in [-0.15, -0.1) is 0 Å². The summed E-state index contributed by atoms with van der Waals surface area (Å²) in [4.78, 5) is 12.5. The second kappa shape index (κ2) is 8.42. The maximum Gasteiger partial charge on any atom is 0.229 e. The van der Waals surface area contributed by atoms with Crippen molar-refractivity contribution in [3.8, 4) is 40.1 Å². The van der Waals surface area contributed by atoms with E-state index in [-0.39, 0.29) is 28.0 Å². The van der Waals surface area contributed by atoms with Crippen molar-refractivity contribution in [3.05, 3.63) is 40.6 Å². The zero-order valence-corrected chi connectivity index (χ0v) is 16.7. The van der Waals surface area contributed by atoms with Crippen LogP contribution in [0.1, 0.15) is 0 Å². The molecule has 12 heteroatoms. The SMILES string of the molecule is O=c1cc(-c2cc(O)c(O)c(O[C@@H]3O[C@@H](CO)[C@H](O)[C@@H](O)[C@@H]3O)c2)oc2cc(O)cc(O)c12. The van der Waals surface area contributed by atoms with Crippen LogP contribution < -0.4 is 10.2 Å². The molecule has 1 aromatic heterocycles. The van der Waals surface area contributed by atoms with Gasteiger partial charge in [0.2, 0.25) is 12.0 Å². The Hall–Kier alpha value is -3.55. The first-order chi connectivity index (χ1) is 15.6. The summed E-state index contributed by atoms with van der Waals surface area (Å²) in [5.74, 6) is -2.91. The summed E-state index contributed by atoms with van der Waals surface area (Å²) in [6.45, 7) is -0.704. The van der Waals surface area contributed by atoms with Gasteiger partial charge in [0.05, 0.1) is 6.61 Å². The van der Waals surface area contributed by atoms with Crippen LogP contribution in [0.25, 0.3) is 22.3 Å². The van der Waals surface area contributed by atoms with Crippen molar-refractivity contribution in [2.24, 2.45) is 0 Å². The Morgan fingerprint density at radius 3 is 2.30 bits per heavy atom. The van der Waals surface area contributed by atoms with Gasteiger partial charge in [-0.1, -0.05) is 0 Å². The van der Waals surface area contributed by atoms with Gasteiger partial charge in [0, 0.05) is 23.8 Å². The number of phenolic OH excluding ortho intramolecular Hbond substituents is 4. The normalized spacial score (nSPS) is 25.3. The highest BCUT2D eigenvalue weighted by Gasteiger charge is 2.45. The predicted octanol–water partition coefficient (Wildman–Crippen LogP) is -0.539. The highest BCUT2D eigenvalue weighted by atomic mass is 16.7. The van der Waals surface area contributed by atoms with Crippen LogP contribution >= 0.6 is 0 Å². The van der Waals surface area contributed by atoms with Crippen molar-refractivity contribution in [3.63, 3.8) is 0 Å². The average molecular weight is 464 g/mol. The molecule has 4 rings (SSSR count). The Morgan fingerprint density at radius 2 is 1.61 bits per heavy atom. The van der Waals surface area contributed by atoms with Gasteiger partial charge in [-0.25, -0.2) is 0 Å². The monoisotopic (exact) mass is 464 g/mol. The van der Waals surface area contributed by atoms with Crippen LogP contribution in [0.3, 0.4) is 0 Å². The molecule has 2 heterocycles. The van der Waals surface area contributed by atoms with Crippen LogP contribution in [0.15, 0.2) is 39.5 Å². The summed E-state index contributed by atoms with van der Waals surface area (Å²) in [6, 6.07) is 5.25. The minimum absolute atomic E-state index is 0.0201. The smallest absolute Gasteiger partial charge is 0.229 e. The van der Waals surface area contributed by atoms with Gasteiger partial charge in [0.15, 0.2) is 16.9 Å². The molecule has 0 saturated carbocycles. The molecule has 5 atom stereocenters. The minimum atomic E-state index is -1.78. The zero-order chi connectivity index (χ0) is 24.0. The summed E-state index contributed by atoms with van der Waals surface area (Å²) in [5, 5.41) is 78.9. The molecular weight excluding hydrogens is 444 g/mol. The number of benzene rings is 2. The van der Waals surface area contributed by atoms with Gasteiger partial charge in [-0.3, -0.25) is 4.79 Å². The van der Waals surface area contributed by atoms with E-state index in [1.54, 1.807) is 0 Å². The summed E-state index contributed by atoms with van der Waals surface area (Å²) in [7, 11) is 0. The average Bonchev–Trinajstić information content (AvgIpc) is 2.76. The third-order valence-corrected chi connectivity index (χ3v) is 5.23. The van der Waals surface area contributed by atoms with Crippen molar-refractivity contribution in [2.45, 2.75) is 30.7 Å². The van der Waals surface area contributed by atoms with Gasteiger partial charge in [0.25, 0.3) is 0 Å². The quantitative estimate of drug-likeness (QED) is 0.229. The first-order valence-corrected chi connectivity index (χ1v) is 9.64. The fourth-order valence-electron chi connectivity index (χ4n) is 3.51. The number of hydrogen-bond acceptors (Lipinski definition) is 12. The topological polar surface area (TPSA) is 211 Å². The molecule has 1 saturated heterocycles. The van der Waals surface area contributed by atoms with Gasteiger partial charge < -0.3 is 54.7 Å². The molecule has 0 spiro atoms. The minimum Gasteiger partial charge on any atom is -0.508 e. The molecule has 0 amide bonds. The van der Waals surface area contributed by atoms with Gasteiger partial charge >= 0.3 is 0 Å². The molecule has 3 aromatic rings. The van der Waals surface area contributed by atoms with E-state index in [0.29, 0.717) is 0 Å². The largest absolute Gasteiger partial charge is 0.508 e. The molecule has 176 valence electrons. The highest BCUT2D eigenvalue weighted by Crippen LogP contribution is 2.41. The van der Waals surface area contributed by atoms with E-state index in [4.69, 9.17) is 13.9 Å². The van der Waals surface area contributed by atoms with Gasteiger partial charge in [-0.05, 0) is 12.1 Å². The van der Waals surface area contributed by atoms with Crippen LogP contribution in [0.2, 0.25) is 0 Å². The Balaban J connectivity index is 1.75. The molecule has 33 heavy (non-hydrogen) atoms.